The third-order valence-electron chi connectivity index (χ3n) is 17.9. The molecule has 0 aliphatic heterocycles. The fourth-order valence-electron chi connectivity index (χ4n) is 12.1. The highest BCUT2D eigenvalue weighted by Crippen LogP contribution is 2.19. The molecule has 6 heteroatoms. The first-order valence-corrected chi connectivity index (χ1v) is 38.3. The van der Waals surface area contributed by atoms with E-state index in [9.17, 15) is 19.8 Å². The quantitative estimate of drug-likeness (QED) is 0.0320. The molecule has 0 aliphatic carbocycles. The number of hydrogen-bond donors (Lipinski definition) is 3. The van der Waals surface area contributed by atoms with Crippen LogP contribution < -0.4 is 5.32 Å². The number of unbranched alkanes of at least 4 members (excludes halogenated alkanes) is 57. The van der Waals surface area contributed by atoms with Crippen LogP contribution >= 0.6 is 0 Å². The maximum atomic E-state index is 12.5. The van der Waals surface area contributed by atoms with Crippen molar-refractivity contribution in [3.05, 3.63) is 36.5 Å². The molecule has 2 atom stereocenters. The summed E-state index contributed by atoms with van der Waals surface area (Å²) < 4.78 is 5.51. The van der Waals surface area contributed by atoms with Crippen molar-refractivity contribution in [1.29, 1.82) is 0 Å². The van der Waals surface area contributed by atoms with Gasteiger partial charge in [0, 0.05) is 12.8 Å². The van der Waals surface area contributed by atoms with Crippen LogP contribution in [0.4, 0.5) is 0 Å². The minimum Gasteiger partial charge on any atom is -0.466 e. The lowest BCUT2D eigenvalue weighted by atomic mass is 10.0. The first-order chi connectivity index (χ1) is 41.5. The topological polar surface area (TPSA) is 95.9 Å². The predicted molar refractivity (Wildman–Crippen MR) is 370 cm³/mol. The zero-order chi connectivity index (χ0) is 60.6. The second-order valence-electron chi connectivity index (χ2n) is 26.3. The molecule has 0 rings (SSSR count). The Morgan fingerprint density at radius 1 is 0.333 bits per heavy atom. The Labute approximate surface area is 525 Å². The molecule has 3 N–H and O–H groups in total. The van der Waals surface area contributed by atoms with Crippen LogP contribution in [0.3, 0.4) is 0 Å². The molecule has 0 saturated heterocycles. The van der Waals surface area contributed by atoms with Gasteiger partial charge in [0.25, 0.3) is 0 Å². The zero-order valence-corrected chi connectivity index (χ0v) is 56.9. The van der Waals surface area contributed by atoms with Gasteiger partial charge in [0.1, 0.15) is 0 Å². The highest BCUT2D eigenvalue weighted by atomic mass is 16.5. The van der Waals surface area contributed by atoms with E-state index in [-0.39, 0.29) is 18.5 Å². The van der Waals surface area contributed by atoms with Crippen LogP contribution in [-0.4, -0.2) is 47.4 Å². The van der Waals surface area contributed by atoms with Crippen LogP contribution in [0.15, 0.2) is 36.5 Å². The lowest BCUT2D eigenvalue weighted by Crippen LogP contribution is -2.45. The summed E-state index contributed by atoms with van der Waals surface area (Å²) in [5.41, 5.74) is 0. The first-order valence-electron chi connectivity index (χ1n) is 38.3. The van der Waals surface area contributed by atoms with E-state index in [1.807, 2.05) is 6.08 Å². The second kappa shape index (κ2) is 73.5. The number of esters is 1. The molecule has 0 spiro atoms. The SMILES string of the molecule is CCCCC/C=C\C/C=C\CCCCCCCCCCCC(=O)OCCCCCCCCCCCCCCCCCCCCCCCCCCCCCC(=O)NC(CO)C(O)/C=C/CCCCCCCCCCCCCCCCCCCCC. The smallest absolute Gasteiger partial charge is 0.305 e. The molecular formula is C78H149NO5. The van der Waals surface area contributed by atoms with Crippen molar-refractivity contribution < 1.29 is 24.5 Å². The molecule has 2 unspecified atom stereocenters. The van der Waals surface area contributed by atoms with E-state index in [0.717, 1.165) is 51.4 Å². The van der Waals surface area contributed by atoms with Crippen LogP contribution in [0.1, 0.15) is 425 Å². The molecule has 0 aromatic rings. The monoisotopic (exact) mass is 1180 g/mol. The number of amides is 1. The molecule has 0 aliphatic rings. The van der Waals surface area contributed by atoms with E-state index < -0.39 is 12.1 Å². The van der Waals surface area contributed by atoms with E-state index in [2.05, 4.69) is 43.5 Å². The van der Waals surface area contributed by atoms with Crippen LogP contribution in [0.25, 0.3) is 0 Å². The molecule has 0 radical (unpaired) electrons. The summed E-state index contributed by atoms with van der Waals surface area (Å²) in [5.74, 6) is -0.0463. The van der Waals surface area contributed by atoms with E-state index in [0.29, 0.717) is 19.4 Å². The molecule has 0 saturated carbocycles. The molecule has 0 aromatic heterocycles. The molecule has 496 valence electrons. The van der Waals surface area contributed by atoms with E-state index in [1.54, 1.807) is 6.08 Å². The van der Waals surface area contributed by atoms with Crippen molar-refractivity contribution in [3.8, 4) is 0 Å². The van der Waals surface area contributed by atoms with E-state index in [1.165, 1.54) is 347 Å². The third-order valence-corrected chi connectivity index (χ3v) is 17.9. The standard InChI is InChI=1S/C78H149NO5/c1-3-5-7-9-11-13-15-17-19-21-23-31-35-38-42-46-50-54-58-62-66-70-76(81)75(74-80)79-77(82)71-67-63-59-55-51-47-43-39-36-32-29-27-25-24-26-28-30-33-37-41-45-49-53-57-61-65-69-73-84-78(83)72-68-64-60-56-52-48-44-40-34-22-20-18-16-14-12-10-8-6-4-2/h12,14,18,20,66,70,75-76,80-81H,3-11,13,15-17,19,21-65,67-69,71-74H2,1-2H3,(H,79,82)/b14-12-,20-18-,70-66+. The van der Waals surface area contributed by atoms with Crippen LogP contribution in [0, 0.1) is 0 Å². The first kappa shape index (κ1) is 82.1. The average molecular weight is 1180 g/mol. The molecule has 1 amide bonds. The van der Waals surface area contributed by atoms with Gasteiger partial charge in [-0.15, -0.1) is 0 Å². The Hall–Kier alpha value is -1.92. The normalized spacial score (nSPS) is 12.7. The third kappa shape index (κ3) is 69.2. The number of hydrogen-bond acceptors (Lipinski definition) is 5. The number of nitrogens with one attached hydrogen (secondary N) is 1. The molecule has 0 heterocycles. The van der Waals surface area contributed by atoms with Crippen molar-refractivity contribution >= 4 is 11.9 Å². The van der Waals surface area contributed by atoms with Crippen LogP contribution in [0.5, 0.6) is 0 Å². The fraction of sp³-hybridized carbons (Fsp3) is 0.897. The zero-order valence-electron chi connectivity index (χ0n) is 56.9. The van der Waals surface area contributed by atoms with Gasteiger partial charge in [-0.2, -0.15) is 0 Å². The van der Waals surface area contributed by atoms with Gasteiger partial charge in [-0.1, -0.05) is 384 Å². The lowest BCUT2D eigenvalue weighted by molar-refractivity contribution is -0.143. The minimum absolute atomic E-state index is 0.0147. The van der Waals surface area contributed by atoms with Gasteiger partial charge in [-0.25, -0.2) is 0 Å². The summed E-state index contributed by atoms with van der Waals surface area (Å²) in [6.45, 7) is 4.92. The van der Waals surface area contributed by atoms with Crippen molar-refractivity contribution in [2.24, 2.45) is 0 Å². The lowest BCUT2D eigenvalue weighted by Gasteiger charge is -2.20. The average Bonchev–Trinajstić information content (AvgIpc) is 3.51. The van der Waals surface area contributed by atoms with Crippen LogP contribution in [0.2, 0.25) is 0 Å². The van der Waals surface area contributed by atoms with Gasteiger partial charge in [-0.05, 0) is 64.2 Å². The Balaban J connectivity index is 3.37. The van der Waals surface area contributed by atoms with Gasteiger partial charge in [0.15, 0.2) is 0 Å². The summed E-state index contributed by atoms with van der Waals surface area (Å²) in [4.78, 5) is 24.7. The van der Waals surface area contributed by atoms with Crippen molar-refractivity contribution in [2.45, 2.75) is 437 Å². The van der Waals surface area contributed by atoms with Crippen molar-refractivity contribution in [1.82, 2.24) is 5.32 Å². The van der Waals surface area contributed by atoms with Gasteiger partial charge in [-0.3, -0.25) is 9.59 Å². The number of carbonyl (C=O) groups is 2. The number of rotatable bonds is 72. The Bertz CT molecular complexity index is 1360. The summed E-state index contributed by atoms with van der Waals surface area (Å²) in [6, 6.07) is -0.627. The maximum Gasteiger partial charge on any atom is 0.305 e. The van der Waals surface area contributed by atoms with Gasteiger partial charge in [0.2, 0.25) is 5.91 Å². The predicted octanol–water partition coefficient (Wildman–Crippen LogP) is 25.0. The number of ether oxygens (including phenoxy) is 1. The number of carbonyl (C=O) groups excluding carboxylic acids is 2. The molecule has 84 heavy (non-hydrogen) atoms. The largest absolute Gasteiger partial charge is 0.466 e. The maximum absolute atomic E-state index is 12.5. The Morgan fingerprint density at radius 2 is 0.595 bits per heavy atom. The van der Waals surface area contributed by atoms with Gasteiger partial charge >= 0.3 is 5.97 Å². The number of aliphatic hydroxyl groups excluding tert-OH is 2. The molecular weight excluding hydrogens is 1030 g/mol. The summed E-state index contributed by atoms with van der Waals surface area (Å²) >= 11 is 0. The summed E-state index contributed by atoms with van der Waals surface area (Å²) in [6.07, 6.45) is 95.3. The molecule has 6 nitrogen and oxygen atoms in total. The Morgan fingerprint density at radius 3 is 0.929 bits per heavy atom. The number of aliphatic hydroxyl groups is 2. The van der Waals surface area contributed by atoms with Crippen molar-refractivity contribution in [3.63, 3.8) is 0 Å². The van der Waals surface area contributed by atoms with Crippen LogP contribution in [-0.2, 0) is 14.3 Å². The van der Waals surface area contributed by atoms with Crippen molar-refractivity contribution in [2.75, 3.05) is 13.2 Å². The Kier molecular flexibility index (Phi) is 71.9. The van der Waals surface area contributed by atoms with Gasteiger partial charge in [0.05, 0.1) is 25.4 Å². The van der Waals surface area contributed by atoms with Gasteiger partial charge < -0.3 is 20.3 Å². The summed E-state index contributed by atoms with van der Waals surface area (Å²) in [7, 11) is 0. The summed E-state index contributed by atoms with van der Waals surface area (Å²) in [5, 5.41) is 23.3. The molecule has 0 aromatic carbocycles. The highest BCUT2D eigenvalue weighted by molar-refractivity contribution is 5.76. The highest BCUT2D eigenvalue weighted by Gasteiger charge is 2.18. The second-order valence-corrected chi connectivity index (χ2v) is 26.3. The fourth-order valence-corrected chi connectivity index (χ4v) is 12.1. The molecule has 0 bridgehead atoms. The minimum atomic E-state index is -0.844. The van der Waals surface area contributed by atoms with E-state index >= 15 is 0 Å². The van der Waals surface area contributed by atoms with E-state index in [4.69, 9.17) is 4.74 Å². The molecule has 0 fully saturated rings. The number of allylic oxidation sites excluding steroid dienone is 5.